The van der Waals surface area contributed by atoms with Crippen molar-refractivity contribution in [1.29, 1.82) is 0 Å². The molecule has 2 aromatic carbocycles. The van der Waals surface area contributed by atoms with Gasteiger partial charge in [0.15, 0.2) is 0 Å². The normalized spacial score (nSPS) is 19.1. The topological polar surface area (TPSA) is 41.1 Å². The van der Waals surface area contributed by atoms with Crippen molar-refractivity contribution in [2.75, 3.05) is 18.4 Å². The van der Waals surface area contributed by atoms with Crippen LogP contribution in [0.3, 0.4) is 0 Å². The van der Waals surface area contributed by atoms with Gasteiger partial charge in [0.1, 0.15) is 0 Å². The number of nitrogens with one attached hydrogen (secondary N) is 2. The number of benzene rings is 2. The van der Waals surface area contributed by atoms with Crippen molar-refractivity contribution < 1.29 is 4.79 Å². The van der Waals surface area contributed by atoms with Gasteiger partial charge in [-0.15, -0.1) is 0 Å². The van der Waals surface area contributed by atoms with Gasteiger partial charge in [0.25, 0.3) is 0 Å². The molecule has 1 fully saturated rings. The minimum atomic E-state index is 0.107. The third-order valence-corrected chi connectivity index (χ3v) is 4.49. The molecule has 106 valence electrons. The van der Waals surface area contributed by atoms with E-state index in [0.29, 0.717) is 0 Å². The van der Waals surface area contributed by atoms with Crippen LogP contribution in [0.25, 0.3) is 11.1 Å². The maximum atomic E-state index is 12.2. The smallest absolute Gasteiger partial charge is 0.228 e. The molecule has 1 saturated heterocycles. The van der Waals surface area contributed by atoms with Crippen molar-refractivity contribution in [3.63, 3.8) is 0 Å². The highest BCUT2D eigenvalue weighted by Crippen LogP contribution is 2.37. The zero-order chi connectivity index (χ0) is 14.2. The van der Waals surface area contributed by atoms with E-state index in [1.54, 1.807) is 0 Å². The monoisotopic (exact) mass is 278 g/mol. The summed E-state index contributed by atoms with van der Waals surface area (Å²) in [5.74, 6) is 0.242. The number of hydrogen-bond donors (Lipinski definition) is 2. The number of hydrogen-bond acceptors (Lipinski definition) is 2. The highest BCUT2D eigenvalue weighted by atomic mass is 16.1. The number of rotatable bonds is 2. The molecule has 0 saturated carbocycles. The Morgan fingerprint density at radius 2 is 1.95 bits per heavy atom. The molecule has 2 N–H and O–H groups in total. The third-order valence-electron chi connectivity index (χ3n) is 4.49. The Kier molecular flexibility index (Phi) is 3.00. The van der Waals surface area contributed by atoms with Crippen molar-refractivity contribution in [3.05, 3.63) is 53.6 Å². The molecule has 1 atom stereocenters. The Bertz CT molecular complexity index is 702. The Morgan fingerprint density at radius 1 is 1.10 bits per heavy atom. The number of anilines is 1. The molecule has 21 heavy (non-hydrogen) atoms. The molecule has 2 aromatic rings. The predicted molar refractivity (Wildman–Crippen MR) is 84.3 cm³/mol. The van der Waals surface area contributed by atoms with Crippen LogP contribution in [0.15, 0.2) is 42.5 Å². The van der Waals surface area contributed by atoms with Gasteiger partial charge in [-0.3, -0.25) is 4.79 Å². The maximum absolute atomic E-state index is 12.2. The van der Waals surface area contributed by atoms with Gasteiger partial charge < -0.3 is 10.6 Å². The quantitative estimate of drug-likeness (QED) is 0.757. The molecule has 1 aliphatic heterocycles. The predicted octanol–water partition coefficient (Wildman–Crippen LogP) is 2.81. The van der Waals surface area contributed by atoms with E-state index < -0.39 is 0 Å². The average molecular weight is 278 g/mol. The first kappa shape index (κ1) is 12.6. The van der Waals surface area contributed by atoms with E-state index in [9.17, 15) is 4.79 Å². The van der Waals surface area contributed by atoms with Crippen molar-refractivity contribution in [2.45, 2.75) is 12.8 Å². The maximum Gasteiger partial charge on any atom is 0.228 e. The highest BCUT2D eigenvalue weighted by molar-refractivity contribution is 5.93. The number of amides is 1. The van der Waals surface area contributed by atoms with E-state index in [4.69, 9.17) is 0 Å². The zero-order valence-electron chi connectivity index (χ0n) is 11.9. The number of carbonyl (C=O) groups is 1. The van der Waals surface area contributed by atoms with Gasteiger partial charge in [-0.25, -0.2) is 0 Å². The molecule has 0 radical (unpaired) electrons. The van der Waals surface area contributed by atoms with Crippen LogP contribution in [-0.4, -0.2) is 19.0 Å². The lowest BCUT2D eigenvalue weighted by atomic mass is 10.0. The Morgan fingerprint density at radius 3 is 2.81 bits per heavy atom. The van der Waals surface area contributed by atoms with E-state index >= 15 is 0 Å². The van der Waals surface area contributed by atoms with E-state index in [1.165, 1.54) is 22.3 Å². The van der Waals surface area contributed by atoms with Crippen LogP contribution in [0.1, 0.15) is 17.5 Å². The summed E-state index contributed by atoms with van der Waals surface area (Å²) in [4.78, 5) is 12.2. The fourth-order valence-corrected chi connectivity index (χ4v) is 3.35. The first-order chi connectivity index (χ1) is 10.3. The molecule has 3 heteroatoms. The second-order valence-electron chi connectivity index (χ2n) is 5.88. The second kappa shape index (κ2) is 5.01. The molecule has 1 aliphatic carbocycles. The van der Waals surface area contributed by atoms with E-state index in [-0.39, 0.29) is 11.8 Å². The number of fused-ring (bicyclic) bond motifs is 3. The van der Waals surface area contributed by atoms with Crippen molar-refractivity contribution in [2.24, 2.45) is 5.92 Å². The molecule has 0 bridgehead atoms. The Balaban J connectivity index is 1.57. The van der Waals surface area contributed by atoms with E-state index in [1.807, 2.05) is 6.07 Å². The lowest BCUT2D eigenvalue weighted by molar-refractivity contribution is -0.119. The van der Waals surface area contributed by atoms with Gasteiger partial charge in [0.2, 0.25) is 5.91 Å². The van der Waals surface area contributed by atoms with Crippen LogP contribution in [0.5, 0.6) is 0 Å². The van der Waals surface area contributed by atoms with Crippen LogP contribution in [-0.2, 0) is 11.2 Å². The van der Waals surface area contributed by atoms with Gasteiger partial charge in [0, 0.05) is 12.2 Å². The lowest BCUT2D eigenvalue weighted by Gasteiger charge is -2.11. The van der Waals surface area contributed by atoms with Crippen LogP contribution in [0, 0.1) is 5.92 Å². The minimum Gasteiger partial charge on any atom is -0.326 e. The molecule has 2 aliphatic rings. The number of carbonyl (C=O) groups excluding carboxylic acids is 1. The zero-order valence-corrected chi connectivity index (χ0v) is 11.9. The SMILES string of the molecule is O=C(Nc1ccc2c(c1)Cc1ccccc1-2)C1CCNC1. The summed E-state index contributed by atoms with van der Waals surface area (Å²) in [7, 11) is 0. The Labute approximate surface area is 124 Å². The van der Waals surface area contributed by atoms with Gasteiger partial charge in [0.05, 0.1) is 5.92 Å². The van der Waals surface area contributed by atoms with Crippen molar-refractivity contribution >= 4 is 11.6 Å². The Hall–Kier alpha value is -2.13. The summed E-state index contributed by atoms with van der Waals surface area (Å²) in [5, 5.41) is 6.29. The van der Waals surface area contributed by atoms with Gasteiger partial charge >= 0.3 is 0 Å². The highest BCUT2D eigenvalue weighted by Gasteiger charge is 2.23. The molecule has 0 spiro atoms. The molecule has 1 amide bonds. The minimum absolute atomic E-state index is 0.107. The average Bonchev–Trinajstić information content (AvgIpc) is 3.14. The standard InChI is InChI=1S/C18H18N2O/c21-18(13-7-8-19-11-13)20-15-5-6-17-14(10-15)9-12-3-1-2-4-16(12)17/h1-6,10,13,19H,7-9,11H2,(H,20,21). The van der Waals surface area contributed by atoms with E-state index in [0.717, 1.165) is 31.6 Å². The van der Waals surface area contributed by atoms with Crippen LogP contribution in [0.2, 0.25) is 0 Å². The van der Waals surface area contributed by atoms with E-state index in [2.05, 4.69) is 47.0 Å². The molecule has 1 heterocycles. The van der Waals surface area contributed by atoms with Gasteiger partial charge in [-0.1, -0.05) is 30.3 Å². The summed E-state index contributed by atoms with van der Waals surface area (Å²) < 4.78 is 0. The summed E-state index contributed by atoms with van der Waals surface area (Å²) >= 11 is 0. The first-order valence-corrected chi connectivity index (χ1v) is 7.54. The molecular formula is C18H18N2O. The van der Waals surface area contributed by atoms with Crippen LogP contribution < -0.4 is 10.6 Å². The fourth-order valence-electron chi connectivity index (χ4n) is 3.35. The molecular weight excluding hydrogens is 260 g/mol. The van der Waals surface area contributed by atoms with Gasteiger partial charge in [-0.2, -0.15) is 0 Å². The third kappa shape index (κ3) is 2.24. The molecule has 0 aromatic heterocycles. The largest absolute Gasteiger partial charge is 0.326 e. The van der Waals surface area contributed by atoms with Crippen LogP contribution >= 0.6 is 0 Å². The summed E-state index contributed by atoms with van der Waals surface area (Å²) in [6, 6.07) is 14.8. The van der Waals surface area contributed by atoms with Crippen LogP contribution in [0.4, 0.5) is 5.69 Å². The lowest BCUT2D eigenvalue weighted by Crippen LogP contribution is -2.24. The first-order valence-electron chi connectivity index (χ1n) is 7.54. The second-order valence-corrected chi connectivity index (χ2v) is 5.88. The molecule has 3 nitrogen and oxygen atoms in total. The summed E-state index contributed by atoms with van der Waals surface area (Å²) in [5.41, 5.74) is 6.21. The fraction of sp³-hybridized carbons (Fsp3) is 0.278. The molecule has 4 rings (SSSR count). The van der Waals surface area contributed by atoms with Crippen molar-refractivity contribution in [1.82, 2.24) is 5.32 Å². The summed E-state index contributed by atoms with van der Waals surface area (Å²) in [6.07, 6.45) is 1.89. The summed E-state index contributed by atoms with van der Waals surface area (Å²) in [6.45, 7) is 1.74. The van der Waals surface area contributed by atoms with Gasteiger partial charge in [-0.05, 0) is 53.8 Å². The van der Waals surface area contributed by atoms with Crippen molar-refractivity contribution in [3.8, 4) is 11.1 Å². The molecule has 1 unspecified atom stereocenters.